The fourth-order valence-electron chi connectivity index (χ4n) is 2.58. The lowest BCUT2D eigenvalue weighted by Gasteiger charge is -2.14. The molecule has 0 saturated carbocycles. The van der Waals surface area contributed by atoms with Gasteiger partial charge in [-0.1, -0.05) is 17.7 Å². The van der Waals surface area contributed by atoms with E-state index >= 15 is 0 Å². The van der Waals surface area contributed by atoms with Gasteiger partial charge in [-0.3, -0.25) is 0 Å². The first-order valence-electron chi connectivity index (χ1n) is 8.42. The van der Waals surface area contributed by atoms with E-state index in [0.29, 0.717) is 6.07 Å². The van der Waals surface area contributed by atoms with Gasteiger partial charge in [-0.25, -0.2) is 9.38 Å². The summed E-state index contributed by atoms with van der Waals surface area (Å²) in [7, 11) is 1.90. The fraction of sp³-hybridized carbons (Fsp3) is 0.350. The number of alkyl halides is 3. The SMILES string of the molecule is CCN(C)C=Nc1cc(C)c(Cc2cc(C(F)(F)F)cc(Cl)c2F)cc1C. The smallest absolute Gasteiger partial charge is 0.366 e. The van der Waals surface area contributed by atoms with E-state index in [-0.39, 0.29) is 12.0 Å². The van der Waals surface area contributed by atoms with Crippen molar-refractivity contribution in [2.45, 2.75) is 33.4 Å². The van der Waals surface area contributed by atoms with E-state index in [0.717, 1.165) is 35.0 Å². The van der Waals surface area contributed by atoms with Crippen molar-refractivity contribution in [2.24, 2.45) is 4.99 Å². The first kappa shape index (κ1) is 21.2. The third-order valence-electron chi connectivity index (χ3n) is 4.36. The molecular formula is C20H21ClF4N2. The Labute approximate surface area is 161 Å². The number of benzene rings is 2. The average molecular weight is 401 g/mol. The number of rotatable bonds is 5. The van der Waals surface area contributed by atoms with Crippen molar-refractivity contribution in [2.75, 3.05) is 13.6 Å². The number of hydrogen-bond donors (Lipinski definition) is 0. The van der Waals surface area contributed by atoms with Gasteiger partial charge < -0.3 is 4.90 Å². The monoisotopic (exact) mass is 400 g/mol. The summed E-state index contributed by atoms with van der Waals surface area (Å²) >= 11 is 5.67. The van der Waals surface area contributed by atoms with Gasteiger partial charge in [0, 0.05) is 20.0 Å². The van der Waals surface area contributed by atoms with Gasteiger partial charge in [-0.05, 0) is 61.2 Å². The van der Waals surface area contributed by atoms with E-state index < -0.39 is 22.6 Å². The van der Waals surface area contributed by atoms with E-state index in [1.165, 1.54) is 0 Å². The minimum absolute atomic E-state index is 0.0149. The molecule has 0 aromatic heterocycles. The van der Waals surface area contributed by atoms with Gasteiger partial charge in [0.2, 0.25) is 0 Å². The molecule has 0 amide bonds. The topological polar surface area (TPSA) is 15.6 Å². The Morgan fingerprint density at radius 1 is 1.07 bits per heavy atom. The summed E-state index contributed by atoms with van der Waals surface area (Å²) in [6.07, 6.45) is -2.85. The van der Waals surface area contributed by atoms with Gasteiger partial charge in [0.15, 0.2) is 0 Å². The van der Waals surface area contributed by atoms with Crippen LogP contribution in [0.4, 0.5) is 23.2 Å². The molecule has 0 spiro atoms. The Morgan fingerprint density at radius 2 is 1.74 bits per heavy atom. The predicted molar refractivity (Wildman–Crippen MR) is 102 cm³/mol. The minimum Gasteiger partial charge on any atom is -0.366 e. The molecule has 0 unspecified atom stereocenters. The number of aliphatic imine (C=N–C) groups is 1. The molecule has 0 fully saturated rings. The standard InChI is InChI=1S/C20H21ClF4N2/c1-5-27(4)11-26-18-7-12(2)14(6-13(18)3)8-15-9-16(20(23,24)25)10-17(21)19(15)22/h6-7,9-11H,5,8H2,1-4H3. The van der Waals surface area contributed by atoms with E-state index in [1.54, 1.807) is 6.34 Å². The van der Waals surface area contributed by atoms with Crippen LogP contribution in [-0.2, 0) is 12.6 Å². The molecule has 27 heavy (non-hydrogen) atoms. The quantitative estimate of drug-likeness (QED) is 0.326. The second-order valence-corrected chi connectivity index (χ2v) is 6.90. The maximum absolute atomic E-state index is 14.3. The van der Waals surface area contributed by atoms with Gasteiger partial charge in [0.1, 0.15) is 5.82 Å². The zero-order valence-electron chi connectivity index (χ0n) is 15.6. The molecule has 7 heteroatoms. The highest BCUT2D eigenvalue weighted by Gasteiger charge is 2.32. The molecule has 2 aromatic carbocycles. The van der Waals surface area contributed by atoms with Crippen LogP contribution in [0, 0.1) is 19.7 Å². The summed E-state index contributed by atoms with van der Waals surface area (Å²) in [6, 6.07) is 5.10. The molecule has 0 N–H and O–H groups in total. The summed E-state index contributed by atoms with van der Waals surface area (Å²) in [5, 5.41) is -0.530. The van der Waals surface area contributed by atoms with Gasteiger partial charge in [0.25, 0.3) is 0 Å². The number of nitrogens with zero attached hydrogens (tertiary/aromatic N) is 2. The highest BCUT2D eigenvalue weighted by atomic mass is 35.5. The molecule has 0 heterocycles. The molecule has 0 bridgehead atoms. The largest absolute Gasteiger partial charge is 0.416 e. The Morgan fingerprint density at radius 3 is 2.33 bits per heavy atom. The summed E-state index contributed by atoms with van der Waals surface area (Å²) in [5.74, 6) is -0.826. The minimum atomic E-state index is -4.58. The van der Waals surface area contributed by atoms with Crippen molar-refractivity contribution in [3.05, 3.63) is 62.9 Å². The first-order chi connectivity index (χ1) is 12.5. The van der Waals surface area contributed by atoms with Crippen LogP contribution >= 0.6 is 11.6 Å². The maximum atomic E-state index is 14.3. The number of halogens is 5. The molecule has 2 rings (SSSR count). The summed E-state index contributed by atoms with van der Waals surface area (Å²) < 4.78 is 53.3. The van der Waals surface area contributed by atoms with Crippen molar-refractivity contribution < 1.29 is 17.6 Å². The van der Waals surface area contributed by atoms with Crippen molar-refractivity contribution in [1.29, 1.82) is 0 Å². The Hall–Kier alpha value is -2.08. The van der Waals surface area contributed by atoms with Crippen LogP contribution in [0.5, 0.6) is 0 Å². The second-order valence-electron chi connectivity index (χ2n) is 6.49. The molecule has 0 atom stereocenters. The maximum Gasteiger partial charge on any atom is 0.416 e. The second kappa shape index (κ2) is 8.30. The molecule has 0 aliphatic carbocycles. The van der Waals surface area contributed by atoms with Gasteiger partial charge in [0.05, 0.1) is 22.6 Å². The molecule has 0 aliphatic rings. The summed E-state index contributed by atoms with van der Waals surface area (Å²) in [4.78, 5) is 6.34. The zero-order chi connectivity index (χ0) is 20.4. The first-order valence-corrected chi connectivity index (χ1v) is 8.80. The molecule has 0 saturated heterocycles. The lowest BCUT2D eigenvalue weighted by molar-refractivity contribution is -0.137. The van der Waals surface area contributed by atoms with Crippen molar-refractivity contribution in [3.8, 4) is 0 Å². The van der Waals surface area contributed by atoms with E-state index in [1.807, 2.05) is 44.9 Å². The van der Waals surface area contributed by atoms with Gasteiger partial charge >= 0.3 is 6.18 Å². The molecule has 0 aliphatic heterocycles. The molecule has 0 radical (unpaired) electrons. The zero-order valence-corrected chi connectivity index (χ0v) is 16.3. The summed E-state index contributed by atoms with van der Waals surface area (Å²) in [5.41, 5.74) is 2.12. The van der Waals surface area contributed by atoms with Crippen LogP contribution in [0.2, 0.25) is 5.02 Å². The predicted octanol–water partition coefficient (Wildman–Crippen LogP) is 6.32. The Kier molecular flexibility index (Phi) is 6.52. The van der Waals surface area contributed by atoms with Gasteiger partial charge in [-0.2, -0.15) is 13.2 Å². The van der Waals surface area contributed by atoms with Crippen LogP contribution in [0.3, 0.4) is 0 Å². The van der Waals surface area contributed by atoms with Crippen LogP contribution in [0.1, 0.15) is 34.7 Å². The highest BCUT2D eigenvalue weighted by molar-refractivity contribution is 6.30. The van der Waals surface area contributed by atoms with E-state index in [2.05, 4.69) is 4.99 Å². The normalized spacial score (nSPS) is 12.0. The fourth-order valence-corrected chi connectivity index (χ4v) is 2.82. The highest BCUT2D eigenvalue weighted by Crippen LogP contribution is 2.34. The molecule has 2 nitrogen and oxygen atoms in total. The van der Waals surface area contributed by atoms with Gasteiger partial charge in [-0.15, -0.1) is 0 Å². The average Bonchev–Trinajstić information content (AvgIpc) is 2.58. The Bertz CT molecular complexity index is 860. The van der Waals surface area contributed by atoms with Crippen LogP contribution in [0.25, 0.3) is 0 Å². The molecule has 2 aromatic rings. The van der Waals surface area contributed by atoms with Crippen LogP contribution in [-0.4, -0.2) is 24.8 Å². The van der Waals surface area contributed by atoms with Crippen molar-refractivity contribution in [1.82, 2.24) is 4.90 Å². The summed E-state index contributed by atoms with van der Waals surface area (Å²) in [6.45, 7) is 6.50. The van der Waals surface area contributed by atoms with Crippen LogP contribution < -0.4 is 0 Å². The molecular weight excluding hydrogens is 380 g/mol. The lowest BCUT2D eigenvalue weighted by atomic mass is 9.96. The number of aryl methyl sites for hydroxylation is 2. The lowest BCUT2D eigenvalue weighted by Crippen LogP contribution is -2.14. The van der Waals surface area contributed by atoms with E-state index in [9.17, 15) is 17.6 Å². The Balaban J connectivity index is 2.40. The third-order valence-corrected chi connectivity index (χ3v) is 4.63. The third kappa shape index (κ3) is 5.22. The molecule has 146 valence electrons. The number of hydrogen-bond acceptors (Lipinski definition) is 1. The van der Waals surface area contributed by atoms with Crippen molar-refractivity contribution >= 4 is 23.6 Å². The van der Waals surface area contributed by atoms with Crippen molar-refractivity contribution in [3.63, 3.8) is 0 Å². The van der Waals surface area contributed by atoms with E-state index in [4.69, 9.17) is 11.6 Å². The van der Waals surface area contributed by atoms with Crippen LogP contribution in [0.15, 0.2) is 29.3 Å².